The van der Waals surface area contributed by atoms with Crippen LogP contribution in [0.4, 0.5) is 13.6 Å². The summed E-state index contributed by atoms with van der Waals surface area (Å²) in [4.78, 5) is 63.1. The molecule has 3 N–H and O–H groups in total. The molecule has 5 aliphatic rings. The summed E-state index contributed by atoms with van der Waals surface area (Å²) < 4.78 is 62.9. The first-order chi connectivity index (χ1) is 25.9. The zero-order valence-electron chi connectivity index (χ0n) is 31.6. The molecule has 55 heavy (non-hydrogen) atoms. The Kier molecular flexibility index (Phi) is 9.90. The van der Waals surface area contributed by atoms with E-state index < -0.39 is 79.4 Å². The van der Waals surface area contributed by atoms with E-state index in [1.807, 2.05) is 26.0 Å². The fraction of sp³-hybridized carbons (Fsp3) is 0.615. The van der Waals surface area contributed by atoms with Crippen LogP contribution in [0.25, 0.3) is 10.9 Å². The van der Waals surface area contributed by atoms with Gasteiger partial charge in [-0.2, -0.15) is 0 Å². The lowest BCUT2D eigenvalue weighted by Gasteiger charge is -2.37. The van der Waals surface area contributed by atoms with Crippen LogP contribution in [0.5, 0.6) is 5.75 Å². The van der Waals surface area contributed by atoms with E-state index in [1.54, 1.807) is 13.8 Å². The lowest BCUT2D eigenvalue weighted by Crippen LogP contribution is -2.59. The lowest BCUT2D eigenvalue weighted by atomic mass is 9.87. The van der Waals surface area contributed by atoms with Gasteiger partial charge in [-0.15, -0.1) is 0 Å². The monoisotopic (exact) mass is 785 g/mol. The molecule has 3 fully saturated rings. The predicted octanol–water partition coefficient (Wildman–Crippen LogP) is 4.88. The number of nitrogens with one attached hydrogen (secondary N) is 2. The summed E-state index contributed by atoms with van der Waals surface area (Å²) in [7, 11) is -4.04. The van der Waals surface area contributed by atoms with E-state index in [2.05, 4.69) is 15.0 Å². The second-order valence-electron chi connectivity index (χ2n) is 16.8. The van der Waals surface area contributed by atoms with Crippen molar-refractivity contribution in [3.05, 3.63) is 47.2 Å². The summed E-state index contributed by atoms with van der Waals surface area (Å²) in [5, 5.41) is 13.6. The molecule has 1 aromatic heterocycles. The summed E-state index contributed by atoms with van der Waals surface area (Å²) in [5.41, 5.74) is -1.45. The Bertz CT molecular complexity index is 2090. The Hall–Kier alpha value is -4.34. The fourth-order valence-electron chi connectivity index (χ4n) is 8.55. The highest BCUT2D eigenvalue weighted by molar-refractivity contribution is 7.91. The Labute approximate surface area is 319 Å². The van der Waals surface area contributed by atoms with Crippen LogP contribution < -0.4 is 14.8 Å². The van der Waals surface area contributed by atoms with Crippen molar-refractivity contribution in [1.29, 1.82) is 0 Å². The standard InChI is InChI=1S/C39H49F2N5O8S/c1-22(2)20-45(36(50)51)30-11-9-7-5-6-8-10-24-18-39(24,35(49)44-55(52,53)37(4)14-15-37)43-33(47)31-19-38(21-46(31)34(30)48)13-12-25-26-16-27(40)28(41)17-29(26)42-23(3)32(25)54-38/h8,10,16-17,22,24,30-31H,5-7,9,11-15,18-21H2,1-4H3,(H,43,47)(H,44,49)(H,50,51)/b10-8-/t24-,30+,31+,38-,39-/m1/s1. The second kappa shape index (κ2) is 14.0. The number of sulfonamides is 1. The quantitative estimate of drug-likeness (QED) is 0.345. The number of carbonyl (C=O) groups is 4. The number of halogens is 2. The summed E-state index contributed by atoms with van der Waals surface area (Å²) in [6, 6.07) is -0.209. The van der Waals surface area contributed by atoms with E-state index in [0.29, 0.717) is 60.9 Å². The molecule has 0 bridgehead atoms. The molecule has 0 unspecified atom stereocenters. The van der Waals surface area contributed by atoms with Gasteiger partial charge in [0.15, 0.2) is 11.6 Å². The molecule has 13 nitrogen and oxygen atoms in total. The van der Waals surface area contributed by atoms with E-state index in [1.165, 1.54) is 4.90 Å². The minimum atomic E-state index is -4.04. The molecule has 5 atom stereocenters. The highest BCUT2D eigenvalue weighted by Gasteiger charge is 2.64. The van der Waals surface area contributed by atoms with Crippen molar-refractivity contribution in [3.8, 4) is 5.75 Å². The predicted molar refractivity (Wildman–Crippen MR) is 197 cm³/mol. The van der Waals surface area contributed by atoms with Crippen molar-refractivity contribution in [1.82, 2.24) is 24.8 Å². The lowest BCUT2D eigenvalue weighted by molar-refractivity contribution is -0.143. The minimum Gasteiger partial charge on any atom is -0.483 e. The minimum absolute atomic E-state index is 0.0299. The highest BCUT2D eigenvalue weighted by Crippen LogP contribution is 2.49. The molecule has 3 aliphatic heterocycles. The maximum absolute atomic E-state index is 14.9. The van der Waals surface area contributed by atoms with Gasteiger partial charge in [-0.05, 0) is 77.2 Å². The van der Waals surface area contributed by atoms with Gasteiger partial charge in [0, 0.05) is 35.9 Å². The van der Waals surface area contributed by atoms with Crippen molar-refractivity contribution in [2.24, 2.45) is 11.8 Å². The Morgan fingerprint density at radius 1 is 1.13 bits per heavy atom. The molecule has 1 aromatic carbocycles. The Morgan fingerprint density at radius 3 is 2.55 bits per heavy atom. The van der Waals surface area contributed by atoms with Crippen molar-refractivity contribution in [2.75, 3.05) is 13.1 Å². The average molecular weight is 786 g/mol. The van der Waals surface area contributed by atoms with E-state index in [9.17, 15) is 41.5 Å². The van der Waals surface area contributed by atoms with Gasteiger partial charge in [0.1, 0.15) is 29.0 Å². The van der Waals surface area contributed by atoms with Gasteiger partial charge in [0.25, 0.3) is 5.91 Å². The zero-order chi connectivity index (χ0) is 39.7. The van der Waals surface area contributed by atoms with E-state index in [0.717, 1.165) is 23.5 Å². The third-order valence-corrected chi connectivity index (χ3v) is 14.3. The number of pyridine rings is 1. The molecule has 0 radical (unpaired) electrons. The van der Waals surface area contributed by atoms with Gasteiger partial charge in [-0.25, -0.2) is 27.0 Å². The van der Waals surface area contributed by atoms with Crippen LogP contribution in [-0.2, 0) is 30.8 Å². The number of aromatic nitrogens is 1. The van der Waals surface area contributed by atoms with Crippen LogP contribution in [-0.4, -0.2) is 93.2 Å². The number of nitrogens with zero attached hydrogens (tertiary/aromatic N) is 3. The number of carbonyl (C=O) groups excluding carboxylic acids is 3. The van der Waals surface area contributed by atoms with Crippen LogP contribution in [0.15, 0.2) is 24.3 Å². The van der Waals surface area contributed by atoms with E-state index >= 15 is 0 Å². The number of aryl methyl sites for hydroxylation is 2. The van der Waals surface area contributed by atoms with Gasteiger partial charge >= 0.3 is 6.09 Å². The Balaban J connectivity index is 1.27. The highest BCUT2D eigenvalue weighted by atomic mass is 32.2. The normalized spacial score (nSPS) is 29.6. The molecule has 2 aromatic rings. The van der Waals surface area contributed by atoms with Crippen molar-refractivity contribution < 1.29 is 46.2 Å². The molecule has 4 amide bonds. The third-order valence-electron chi connectivity index (χ3n) is 12.2. The second-order valence-corrected chi connectivity index (χ2v) is 19.0. The largest absolute Gasteiger partial charge is 0.483 e. The number of amides is 4. The Morgan fingerprint density at radius 2 is 1.85 bits per heavy atom. The molecule has 7 rings (SSSR count). The van der Waals surface area contributed by atoms with Crippen molar-refractivity contribution in [3.63, 3.8) is 0 Å². The molecular formula is C39H49F2N5O8S. The topological polar surface area (TPSA) is 175 Å². The smallest absolute Gasteiger partial charge is 0.407 e. The van der Waals surface area contributed by atoms with Crippen LogP contribution in [0.2, 0.25) is 0 Å². The molecule has 2 saturated carbocycles. The van der Waals surface area contributed by atoms with Gasteiger partial charge < -0.3 is 20.1 Å². The molecule has 1 saturated heterocycles. The van der Waals surface area contributed by atoms with Crippen LogP contribution in [0.1, 0.15) is 96.2 Å². The number of fused-ring (bicyclic) bond motifs is 5. The van der Waals surface area contributed by atoms with Gasteiger partial charge in [0.05, 0.1) is 22.5 Å². The number of allylic oxidation sites excluding steroid dienone is 1. The van der Waals surface area contributed by atoms with E-state index in [4.69, 9.17) is 4.74 Å². The number of carboxylic acid groups (broad SMARTS) is 1. The summed E-state index contributed by atoms with van der Waals surface area (Å²) in [6.07, 6.45) is 6.89. The van der Waals surface area contributed by atoms with Crippen molar-refractivity contribution >= 4 is 44.7 Å². The van der Waals surface area contributed by atoms with Crippen molar-refractivity contribution in [2.45, 2.75) is 126 Å². The molecule has 16 heteroatoms. The fourth-order valence-corrected chi connectivity index (χ4v) is 9.87. The molecular weight excluding hydrogens is 737 g/mol. The first kappa shape index (κ1) is 38.9. The third kappa shape index (κ3) is 7.14. The summed E-state index contributed by atoms with van der Waals surface area (Å²) >= 11 is 0. The first-order valence-corrected chi connectivity index (χ1v) is 20.7. The number of hydrogen-bond acceptors (Lipinski definition) is 8. The molecule has 298 valence electrons. The van der Waals surface area contributed by atoms with Crippen LogP contribution in [0.3, 0.4) is 0 Å². The maximum Gasteiger partial charge on any atom is 0.407 e. The zero-order valence-corrected chi connectivity index (χ0v) is 32.4. The summed E-state index contributed by atoms with van der Waals surface area (Å²) in [6.45, 7) is 6.94. The molecule has 2 aliphatic carbocycles. The molecule has 1 spiro atoms. The molecule has 4 heterocycles. The van der Waals surface area contributed by atoms with Gasteiger partial charge in [0.2, 0.25) is 21.8 Å². The maximum atomic E-state index is 14.9. The van der Waals surface area contributed by atoms with Gasteiger partial charge in [-0.3, -0.25) is 24.0 Å². The average Bonchev–Trinajstić information content (AvgIpc) is 4.00. The number of hydrogen-bond donors (Lipinski definition) is 3. The van der Waals surface area contributed by atoms with E-state index in [-0.39, 0.29) is 50.2 Å². The SMILES string of the molecule is Cc1nc2cc(F)c(F)cc2c2c1O[C@]1(CC2)C[C@H]2C(=O)N[C@]3(C(=O)NS(=O)(=O)C4(C)CC4)C[C@H]3/C=C\CCCCC[C@H](N(CC(C)C)C(=O)O)C(=O)N2C1. The number of rotatable bonds is 6. The van der Waals surface area contributed by atoms with Crippen LogP contribution >= 0.6 is 0 Å². The van der Waals surface area contributed by atoms with Crippen LogP contribution in [0, 0.1) is 30.4 Å². The number of benzene rings is 1. The van der Waals surface area contributed by atoms with Gasteiger partial charge in [-0.1, -0.05) is 38.8 Å². The summed E-state index contributed by atoms with van der Waals surface area (Å²) in [5.74, 6) is -4.41. The first-order valence-electron chi connectivity index (χ1n) is 19.2. The number of ether oxygens (including phenoxy) is 1.